The smallest absolute Gasteiger partial charge is 0.252 e. The van der Waals surface area contributed by atoms with Crippen molar-refractivity contribution in [3.63, 3.8) is 0 Å². The van der Waals surface area contributed by atoms with Gasteiger partial charge >= 0.3 is 0 Å². The Labute approximate surface area is 121 Å². The lowest BCUT2D eigenvalue weighted by atomic mass is 10.1. The molecule has 0 spiro atoms. The number of hydrogen-bond acceptors (Lipinski definition) is 2. The van der Waals surface area contributed by atoms with Crippen molar-refractivity contribution in [3.8, 4) is 0 Å². The van der Waals surface area contributed by atoms with E-state index in [1.165, 1.54) is 0 Å². The Hall–Kier alpha value is -1.84. The molecule has 0 atom stereocenters. The van der Waals surface area contributed by atoms with Crippen LogP contribution >= 0.6 is 0 Å². The van der Waals surface area contributed by atoms with E-state index in [2.05, 4.69) is 10.6 Å². The van der Waals surface area contributed by atoms with Gasteiger partial charge in [0.05, 0.1) is 11.1 Å². The summed E-state index contributed by atoms with van der Waals surface area (Å²) in [6, 6.07) is 6.90. The quantitative estimate of drug-likeness (QED) is 0.838. The summed E-state index contributed by atoms with van der Waals surface area (Å²) in [5.41, 5.74) is 0.851. The Morgan fingerprint density at radius 1 is 0.850 bits per heavy atom. The van der Waals surface area contributed by atoms with Crippen LogP contribution in [-0.4, -0.2) is 24.9 Å². The highest BCUT2D eigenvalue weighted by molar-refractivity contribution is 6.07. The highest BCUT2D eigenvalue weighted by Crippen LogP contribution is 2.09. The fraction of sp³-hybridized carbons (Fsp3) is 0.500. The lowest BCUT2D eigenvalue weighted by Gasteiger charge is -2.12. The summed E-state index contributed by atoms with van der Waals surface area (Å²) in [4.78, 5) is 24.2. The summed E-state index contributed by atoms with van der Waals surface area (Å²) in [7, 11) is 0. The fourth-order valence-corrected chi connectivity index (χ4v) is 1.66. The van der Waals surface area contributed by atoms with Crippen molar-refractivity contribution in [2.45, 2.75) is 27.7 Å². The van der Waals surface area contributed by atoms with Crippen LogP contribution in [0.1, 0.15) is 48.4 Å². The van der Waals surface area contributed by atoms with Crippen molar-refractivity contribution in [2.75, 3.05) is 13.1 Å². The minimum Gasteiger partial charge on any atom is -0.352 e. The summed E-state index contributed by atoms with van der Waals surface area (Å²) in [5.74, 6) is 0.352. The zero-order valence-corrected chi connectivity index (χ0v) is 12.7. The molecule has 0 saturated heterocycles. The molecule has 0 saturated carbocycles. The number of hydrogen-bond donors (Lipinski definition) is 2. The van der Waals surface area contributed by atoms with Crippen LogP contribution in [-0.2, 0) is 0 Å². The average molecular weight is 276 g/mol. The first-order valence-corrected chi connectivity index (χ1v) is 7.07. The van der Waals surface area contributed by atoms with Gasteiger partial charge in [0.2, 0.25) is 0 Å². The van der Waals surface area contributed by atoms with Crippen molar-refractivity contribution in [3.05, 3.63) is 35.4 Å². The van der Waals surface area contributed by atoms with E-state index in [0.717, 1.165) is 0 Å². The monoisotopic (exact) mass is 276 g/mol. The van der Waals surface area contributed by atoms with Crippen molar-refractivity contribution in [1.29, 1.82) is 0 Å². The first-order chi connectivity index (χ1) is 9.41. The molecular formula is C16H24N2O2. The van der Waals surface area contributed by atoms with Crippen LogP contribution in [0.2, 0.25) is 0 Å². The molecular weight excluding hydrogens is 252 g/mol. The minimum atomic E-state index is -0.200. The van der Waals surface area contributed by atoms with E-state index in [-0.39, 0.29) is 11.8 Å². The van der Waals surface area contributed by atoms with Crippen LogP contribution in [0.5, 0.6) is 0 Å². The Balaban J connectivity index is 2.82. The van der Waals surface area contributed by atoms with Gasteiger partial charge in [-0.2, -0.15) is 0 Å². The number of benzene rings is 1. The molecule has 2 N–H and O–H groups in total. The topological polar surface area (TPSA) is 58.2 Å². The Bertz CT molecular complexity index is 424. The molecule has 2 amide bonds. The third kappa shape index (κ3) is 5.03. The van der Waals surface area contributed by atoms with E-state index in [9.17, 15) is 9.59 Å². The second-order valence-corrected chi connectivity index (χ2v) is 5.75. The first kappa shape index (κ1) is 16.2. The van der Waals surface area contributed by atoms with Crippen molar-refractivity contribution < 1.29 is 9.59 Å². The van der Waals surface area contributed by atoms with E-state index >= 15 is 0 Å². The molecule has 0 heterocycles. The van der Waals surface area contributed by atoms with Gasteiger partial charge in [-0.05, 0) is 24.0 Å². The zero-order valence-electron chi connectivity index (χ0n) is 12.7. The van der Waals surface area contributed by atoms with Crippen LogP contribution in [0.3, 0.4) is 0 Å². The van der Waals surface area contributed by atoms with E-state index in [0.29, 0.717) is 36.1 Å². The Morgan fingerprint density at radius 2 is 1.20 bits per heavy atom. The fourth-order valence-electron chi connectivity index (χ4n) is 1.66. The second-order valence-electron chi connectivity index (χ2n) is 5.75. The number of carbonyl (C=O) groups is 2. The maximum atomic E-state index is 12.1. The van der Waals surface area contributed by atoms with Gasteiger partial charge in [-0.3, -0.25) is 9.59 Å². The highest BCUT2D eigenvalue weighted by Gasteiger charge is 2.16. The third-order valence-electron chi connectivity index (χ3n) is 2.76. The van der Waals surface area contributed by atoms with Gasteiger partial charge in [0, 0.05) is 13.1 Å². The number of rotatable bonds is 6. The maximum Gasteiger partial charge on any atom is 0.252 e. The molecule has 1 aromatic rings. The molecule has 110 valence electrons. The molecule has 0 aliphatic heterocycles. The van der Waals surface area contributed by atoms with Crippen LogP contribution in [0.4, 0.5) is 0 Å². The number of carbonyl (C=O) groups excluding carboxylic acids is 2. The van der Waals surface area contributed by atoms with E-state index in [1.54, 1.807) is 24.3 Å². The van der Waals surface area contributed by atoms with Gasteiger partial charge < -0.3 is 10.6 Å². The maximum absolute atomic E-state index is 12.1. The predicted molar refractivity (Wildman–Crippen MR) is 80.8 cm³/mol. The summed E-state index contributed by atoms with van der Waals surface area (Å²) >= 11 is 0. The van der Waals surface area contributed by atoms with Gasteiger partial charge in [0.25, 0.3) is 11.8 Å². The molecule has 4 heteroatoms. The molecule has 0 aromatic heterocycles. The first-order valence-electron chi connectivity index (χ1n) is 7.07. The molecule has 1 aromatic carbocycles. The molecule has 1 rings (SSSR count). The molecule has 4 nitrogen and oxygen atoms in total. The van der Waals surface area contributed by atoms with Gasteiger partial charge in [0.1, 0.15) is 0 Å². The summed E-state index contributed by atoms with van der Waals surface area (Å²) in [6.07, 6.45) is 0. The standard InChI is InChI=1S/C16H24N2O2/c1-11(2)9-17-15(19)13-7-5-6-8-14(13)16(20)18-10-12(3)4/h5-8,11-12H,9-10H2,1-4H3,(H,17,19)(H,18,20). The summed E-state index contributed by atoms with van der Waals surface area (Å²) in [6.45, 7) is 9.31. The van der Waals surface area contributed by atoms with Gasteiger partial charge in [0.15, 0.2) is 0 Å². The van der Waals surface area contributed by atoms with Crippen LogP contribution in [0.25, 0.3) is 0 Å². The van der Waals surface area contributed by atoms with Gasteiger partial charge in [-0.25, -0.2) is 0 Å². The molecule has 0 fully saturated rings. The second kappa shape index (κ2) is 7.68. The summed E-state index contributed by atoms with van der Waals surface area (Å²) < 4.78 is 0. The van der Waals surface area contributed by atoms with Crippen LogP contribution in [0, 0.1) is 11.8 Å². The lowest BCUT2D eigenvalue weighted by Crippen LogP contribution is -2.32. The normalized spacial score (nSPS) is 10.7. The van der Waals surface area contributed by atoms with E-state index in [1.807, 2.05) is 27.7 Å². The van der Waals surface area contributed by atoms with Crippen molar-refractivity contribution in [2.24, 2.45) is 11.8 Å². The van der Waals surface area contributed by atoms with Crippen LogP contribution in [0.15, 0.2) is 24.3 Å². The number of amides is 2. The van der Waals surface area contributed by atoms with Crippen molar-refractivity contribution >= 4 is 11.8 Å². The zero-order chi connectivity index (χ0) is 15.1. The number of nitrogens with one attached hydrogen (secondary N) is 2. The highest BCUT2D eigenvalue weighted by atomic mass is 16.2. The third-order valence-corrected chi connectivity index (χ3v) is 2.76. The molecule has 0 bridgehead atoms. The Kier molecular flexibility index (Phi) is 6.22. The van der Waals surface area contributed by atoms with Crippen molar-refractivity contribution in [1.82, 2.24) is 10.6 Å². The molecule has 0 aliphatic carbocycles. The largest absolute Gasteiger partial charge is 0.352 e. The van der Waals surface area contributed by atoms with Crippen LogP contribution < -0.4 is 10.6 Å². The minimum absolute atomic E-state index is 0.200. The molecule has 0 aliphatic rings. The van der Waals surface area contributed by atoms with E-state index < -0.39 is 0 Å². The van der Waals surface area contributed by atoms with E-state index in [4.69, 9.17) is 0 Å². The van der Waals surface area contributed by atoms with Gasteiger partial charge in [-0.1, -0.05) is 39.8 Å². The molecule has 0 unspecified atom stereocenters. The van der Waals surface area contributed by atoms with Gasteiger partial charge in [-0.15, -0.1) is 0 Å². The molecule has 20 heavy (non-hydrogen) atoms. The molecule has 0 radical (unpaired) electrons. The average Bonchev–Trinajstić information content (AvgIpc) is 2.42. The Morgan fingerprint density at radius 3 is 1.50 bits per heavy atom. The SMILES string of the molecule is CC(C)CNC(=O)c1ccccc1C(=O)NCC(C)C. The predicted octanol–water partition coefficient (Wildman–Crippen LogP) is 2.46. The lowest BCUT2D eigenvalue weighted by molar-refractivity contribution is 0.0915. The summed E-state index contributed by atoms with van der Waals surface area (Å²) in [5, 5.41) is 5.68.